The van der Waals surface area contributed by atoms with Crippen molar-refractivity contribution in [1.82, 2.24) is 85.1 Å². The molecule has 1 fully saturated rings. The summed E-state index contributed by atoms with van der Waals surface area (Å²) >= 11 is 0. The van der Waals surface area contributed by atoms with Gasteiger partial charge >= 0.3 is 36.4 Å². The number of alkyl carbamates (subject to hydrolysis) is 5. The molecule has 1 saturated heterocycles. The fourth-order valence-corrected chi connectivity index (χ4v) is 11.4. The molecular formula is C82H138N16O25. The highest BCUT2D eigenvalue weighted by Gasteiger charge is 2.41. The zero-order chi connectivity index (χ0) is 93.7. The molecule has 1 aliphatic heterocycles. The van der Waals surface area contributed by atoms with Crippen molar-refractivity contribution >= 4 is 101 Å². The minimum atomic E-state index is -2.03. The molecule has 1 aromatic carbocycles. The van der Waals surface area contributed by atoms with Crippen molar-refractivity contribution in [3.63, 3.8) is 0 Å². The van der Waals surface area contributed by atoms with E-state index in [2.05, 4.69) is 85.1 Å². The quantitative estimate of drug-likeness (QED) is 0.0265. The minimum Gasteiger partial charge on any atom is -0.465 e. The molecule has 0 aliphatic carbocycles. The Kier molecular flexibility index (Phi) is 44.6. The highest BCUT2D eigenvalue weighted by Crippen LogP contribution is 2.24. The Morgan fingerprint density at radius 3 is 1.24 bits per heavy atom. The van der Waals surface area contributed by atoms with Gasteiger partial charge in [-0.1, -0.05) is 57.5 Å². The Morgan fingerprint density at radius 2 is 0.837 bits per heavy atom. The molecule has 18 N–H and O–H groups in total. The number of esters is 1. The van der Waals surface area contributed by atoms with E-state index in [0.29, 0.717) is 18.4 Å². The lowest BCUT2D eigenvalue weighted by Crippen LogP contribution is -2.62. The Hall–Kier alpha value is -10.9. The van der Waals surface area contributed by atoms with E-state index in [1.807, 2.05) is 6.92 Å². The molecule has 0 spiro atoms. The van der Waals surface area contributed by atoms with E-state index in [4.69, 9.17) is 28.4 Å². The summed E-state index contributed by atoms with van der Waals surface area (Å²) in [4.78, 5) is 242. The molecule has 123 heavy (non-hydrogen) atoms. The summed E-state index contributed by atoms with van der Waals surface area (Å²) in [5.74, 6) is -13.5. The summed E-state index contributed by atoms with van der Waals surface area (Å²) in [7, 11) is 0. The smallest absolute Gasteiger partial charge is 0.407 e. The van der Waals surface area contributed by atoms with Gasteiger partial charge in [-0.3, -0.25) is 57.5 Å². The lowest BCUT2D eigenvalue weighted by Gasteiger charge is -2.29. The number of unbranched alkanes of at least 4 members (excludes halogenated alkanes) is 1. The number of benzene rings is 1. The third kappa shape index (κ3) is 45.7. The molecule has 0 bridgehead atoms. The number of nitrogens with one attached hydrogen (secondary N) is 16. The number of carbonyl (C=O) groups excluding carboxylic acids is 17. The molecule has 0 radical (unpaired) electrons. The van der Waals surface area contributed by atoms with E-state index < -0.39 is 285 Å². The van der Waals surface area contributed by atoms with Crippen molar-refractivity contribution in [3.05, 3.63) is 35.9 Å². The molecule has 12 atom stereocenters. The topological polar surface area (TPSA) is 579 Å². The monoisotopic (exact) mass is 1750 g/mol. The molecule has 1 aliphatic rings. The number of amides is 16. The maximum atomic E-state index is 15.4. The number of hydrogen-bond donors (Lipinski definition) is 18. The third-order valence-corrected chi connectivity index (χ3v) is 17.3. The average molecular weight is 1750 g/mol. The lowest BCUT2D eigenvalue weighted by molar-refractivity contribution is -0.156. The number of aliphatic hydroxyl groups excluding tert-OH is 2. The van der Waals surface area contributed by atoms with Gasteiger partial charge in [0.1, 0.15) is 88.4 Å². The van der Waals surface area contributed by atoms with Crippen LogP contribution in [-0.2, 0) is 92.4 Å². The molecule has 696 valence electrons. The van der Waals surface area contributed by atoms with Crippen LogP contribution in [0.15, 0.2) is 30.3 Å². The van der Waals surface area contributed by atoms with Crippen LogP contribution in [0.2, 0.25) is 0 Å². The number of aliphatic hydroxyl groups is 2. The van der Waals surface area contributed by atoms with Crippen molar-refractivity contribution < 1.29 is 120 Å². The fraction of sp³-hybridized carbons (Fsp3) is 0.720. The van der Waals surface area contributed by atoms with Gasteiger partial charge in [-0.2, -0.15) is 0 Å². The van der Waals surface area contributed by atoms with Crippen molar-refractivity contribution in [2.75, 3.05) is 45.9 Å². The van der Waals surface area contributed by atoms with Gasteiger partial charge in [-0.05, 0) is 194 Å². The molecule has 2 rings (SSSR count). The minimum absolute atomic E-state index is 0.0695. The van der Waals surface area contributed by atoms with E-state index in [0.717, 1.165) is 13.8 Å². The maximum absolute atomic E-state index is 15.4. The highest BCUT2D eigenvalue weighted by atomic mass is 16.6. The summed E-state index contributed by atoms with van der Waals surface area (Å²) in [6.07, 6.45) is -11.2. The number of carbonyl (C=O) groups is 17. The van der Waals surface area contributed by atoms with E-state index in [1.54, 1.807) is 148 Å². The van der Waals surface area contributed by atoms with Crippen LogP contribution in [0.4, 0.5) is 24.0 Å². The van der Waals surface area contributed by atoms with Crippen molar-refractivity contribution in [2.45, 2.75) is 324 Å². The first-order chi connectivity index (χ1) is 56.8. The normalized spacial score (nSPS) is 19.6. The zero-order valence-corrected chi connectivity index (χ0v) is 75.4. The summed E-state index contributed by atoms with van der Waals surface area (Å²) < 4.78 is 32.3. The Balaban J connectivity index is 3.13. The Bertz CT molecular complexity index is 3710. The van der Waals surface area contributed by atoms with Gasteiger partial charge < -0.3 is 124 Å². The molecule has 16 amide bonds. The van der Waals surface area contributed by atoms with Crippen LogP contribution in [0, 0.1) is 11.3 Å². The van der Waals surface area contributed by atoms with Crippen LogP contribution in [0.5, 0.6) is 0 Å². The molecule has 41 nitrogen and oxygen atoms in total. The SMILES string of the molecule is CCCCOC(=O)C(C)(C)CC(=O)N[C@@H](CCNC(=O)OC(C)(C)C)C(=O)N[C@H](C(=O)N[C@@H](CCNC(=O)OC(C)(C)C)C(=O)N[C@H]1CCNC(=O)[C@H](C(C)O)NC(=O)[C@H](CCNC(=O)OC(C)(C)C)NC(=O)[C@H](CCNC(=O)OC(C)(C)C)NC(=O)[C@H](CC(C)C)NC(=O)[C@@H](Cc2ccccc2)NC(=O)[C@H](CCNC(=O)OC(C)(C)C)NC1=O)C(C)O. The third-order valence-electron chi connectivity index (χ3n) is 17.3. The van der Waals surface area contributed by atoms with E-state index in [-0.39, 0.29) is 32.5 Å². The van der Waals surface area contributed by atoms with Gasteiger partial charge in [0.15, 0.2) is 0 Å². The fourth-order valence-electron chi connectivity index (χ4n) is 11.4. The van der Waals surface area contributed by atoms with Crippen LogP contribution in [0.3, 0.4) is 0 Å². The van der Waals surface area contributed by atoms with Gasteiger partial charge in [0, 0.05) is 52.1 Å². The van der Waals surface area contributed by atoms with Crippen LogP contribution in [0.25, 0.3) is 0 Å². The second kappa shape index (κ2) is 50.6. The van der Waals surface area contributed by atoms with Crippen LogP contribution < -0.4 is 85.1 Å². The average Bonchev–Trinajstić information content (AvgIpc) is 1.43. The second-order valence-electron chi connectivity index (χ2n) is 36.0. The number of hydrogen-bond acceptors (Lipinski definition) is 25. The van der Waals surface area contributed by atoms with Gasteiger partial charge in [0.2, 0.25) is 65.0 Å². The zero-order valence-electron chi connectivity index (χ0n) is 75.4. The van der Waals surface area contributed by atoms with Gasteiger partial charge in [-0.15, -0.1) is 0 Å². The van der Waals surface area contributed by atoms with Crippen molar-refractivity contribution in [2.24, 2.45) is 11.3 Å². The molecule has 1 aromatic rings. The predicted octanol–water partition coefficient (Wildman–Crippen LogP) is 1.74. The predicted molar refractivity (Wildman–Crippen MR) is 448 cm³/mol. The van der Waals surface area contributed by atoms with Crippen molar-refractivity contribution in [3.8, 4) is 0 Å². The van der Waals surface area contributed by atoms with Crippen molar-refractivity contribution in [1.29, 1.82) is 0 Å². The molecule has 0 saturated carbocycles. The van der Waals surface area contributed by atoms with Crippen LogP contribution >= 0.6 is 0 Å². The molecular weight excluding hydrogens is 1610 g/mol. The first kappa shape index (κ1) is 108. The maximum Gasteiger partial charge on any atom is 0.407 e. The summed E-state index contributed by atoms with van der Waals surface area (Å²) in [6.45, 7) is 31.5. The van der Waals surface area contributed by atoms with E-state index in [1.165, 1.54) is 13.8 Å². The van der Waals surface area contributed by atoms with Crippen LogP contribution in [-0.4, -0.2) is 258 Å². The van der Waals surface area contributed by atoms with Gasteiger partial charge in [0.05, 0.1) is 24.2 Å². The van der Waals surface area contributed by atoms with Gasteiger partial charge in [0.25, 0.3) is 0 Å². The van der Waals surface area contributed by atoms with Crippen LogP contribution in [0.1, 0.15) is 222 Å². The standard InChI is InChI=1S/C82H138N16O25/c1-23-24-42-118-71(112)82(21,22)45-58(101)89-50(31-37-84-72(113)119-77(6,7)8)65(106)98-60(48(5)100)70(111)94-54(34-40-87-75(116)122-80(15,16)17)63(104)90-51-30-36-83-69(110)59(47(4)99)97-66(107)55(35-41-88-76(117)123-81(18,19)20)92-62(103)52(32-38-85-73(114)120-78(9,10)11)93-67(108)56(43-46(2)3)95-68(109)57(44-49-28-26-25-27-29-49)96-64(105)53(91-61(51)102)33-39-86-74(115)121-79(12,13)14/h25-29,46-48,50-57,59-60,99-100H,23-24,30-45H2,1-22H3,(H,83,110)(H,84,113)(H,85,114)(H,86,115)(H,87,116)(H,88,117)(H,89,101)(H,90,104)(H,91,102)(H,92,103)(H,93,108)(H,94,111)(H,95,109)(H,96,105)(H,97,107)(H,98,106)/t47?,48?,50-,51-,52-,53-,54-,55-,56-,57+,59-,60-/m0/s1. The van der Waals surface area contributed by atoms with Gasteiger partial charge in [-0.25, -0.2) is 24.0 Å². The Labute approximate surface area is 720 Å². The molecule has 1 heterocycles. The molecule has 2 unspecified atom stereocenters. The first-order valence-corrected chi connectivity index (χ1v) is 41.5. The highest BCUT2D eigenvalue weighted by molar-refractivity contribution is 6.00. The molecule has 41 heteroatoms. The van der Waals surface area contributed by atoms with E-state index >= 15 is 19.2 Å². The van der Waals surface area contributed by atoms with E-state index in [9.17, 15) is 72.5 Å². The second-order valence-corrected chi connectivity index (χ2v) is 36.0. The largest absolute Gasteiger partial charge is 0.465 e. The molecule has 0 aromatic heterocycles. The Morgan fingerprint density at radius 1 is 0.455 bits per heavy atom. The summed E-state index contributed by atoms with van der Waals surface area (Å²) in [5.41, 5.74) is -6.05. The summed E-state index contributed by atoms with van der Waals surface area (Å²) in [6, 6.07) is -9.79. The number of rotatable bonds is 34. The first-order valence-electron chi connectivity index (χ1n) is 41.5. The summed E-state index contributed by atoms with van der Waals surface area (Å²) in [5, 5.41) is 62.9. The number of ether oxygens (including phenoxy) is 6. The lowest BCUT2D eigenvalue weighted by atomic mass is 9.89.